The van der Waals surface area contributed by atoms with Crippen molar-refractivity contribution >= 4 is 0 Å². The van der Waals surface area contributed by atoms with E-state index in [-0.39, 0.29) is 0 Å². The predicted octanol–water partition coefficient (Wildman–Crippen LogP) is 4.66. The molecule has 13 heavy (non-hydrogen) atoms. The molecule has 0 bridgehead atoms. The second-order valence-corrected chi connectivity index (χ2v) is 5.19. The van der Waals surface area contributed by atoms with Crippen molar-refractivity contribution in [2.75, 3.05) is 0 Å². The van der Waals surface area contributed by atoms with Crippen LogP contribution >= 0.6 is 0 Å². The number of rotatable bonds is 5. The van der Waals surface area contributed by atoms with Gasteiger partial charge in [-0.15, -0.1) is 6.58 Å². The third-order valence-electron chi connectivity index (χ3n) is 3.81. The summed E-state index contributed by atoms with van der Waals surface area (Å²) in [7, 11) is 0. The number of hydrogen-bond acceptors (Lipinski definition) is 0. The molecule has 0 aromatic heterocycles. The highest BCUT2D eigenvalue weighted by Gasteiger charge is 2.30. The van der Waals surface area contributed by atoms with Gasteiger partial charge in [-0.25, -0.2) is 0 Å². The summed E-state index contributed by atoms with van der Waals surface area (Å²) in [5.74, 6) is 1.53. The molecule has 0 spiro atoms. The van der Waals surface area contributed by atoms with Crippen molar-refractivity contribution in [1.29, 1.82) is 0 Å². The summed E-state index contributed by atoms with van der Waals surface area (Å²) in [6.07, 6.45) is 2.44. The average molecular weight is 182 g/mol. The molecule has 0 heterocycles. The van der Waals surface area contributed by atoms with E-state index in [0.29, 0.717) is 5.41 Å². The topological polar surface area (TPSA) is 0 Å². The van der Waals surface area contributed by atoms with Gasteiger partial charge in [-0.05, 0) is 30.6 Å². The molecule has 2 atom stereocenters. The van der Waals surface area contributed by atoms with E-state index in [0.717, 1.165) is 18.3 Å². The maximum absolute atomic E-state index is 3.99. The van der Waals surface area contributed by atoms with E-state index < -0.39 is 0 Å². The highest BCUT2D eigenvalue weighted by atomic mass is 14.4. The zero-order valence-electron chi connectivity index (χ0n) is 10.3. The summed E-state index contributed by atoms with van der Waals surface area (Å²) in [5.41, 5.74) is 1.75. The highest BCUT2D eigenvalue weighted by molar-refractivity contribution is 4.94. The lowest BCUT2D eigenvalue weighted by molar-refractivity contribution is 0.134. The molecule has 0 N–H and O–H groups in total. The maximum Gasteiger partial charge on any atom is -0.0295 e. The summed E-state index contributed by atoms with van der Waals surface area (Å²) in [6.45, 7) is 17.9. The first-order valence-corrected chi connectivity index (χ1v) is 5.46. The minimum atomic E-state index is 0.438. The van der Waals surface area contributed by atoms with E-state index in [1.807, 2.05) is 0 Å². The van der Waals surface area contributed by atoms with Crippen LogP contribution in [0.1, 0.15) is 54.4 Å². The zero-order chi connectivity index (χ0) is 10.6. The molecule has 0 amide bonds. The molecule has 0 heteroatoms. The van der Waals surface area contributed by atoms with Gasteiger partial charge in [0.15, 0.2) is 0 Å². The molecule has 0 rings (SSSR count). The van der Waals surface area contributed by atoms with Crippen LogP contribution in [0.4, 0.5) is 0 Å². The molecule has 0 aromatic carbocycles. The van der Waals surface area contributed by atoms with Gasteiger partial charge in [-0.1, -0.05) is 46.6 Å². The third-order valence-corrected chi connectivity index (χ3v) is 3.81. The first-order valence-electron chi connectivity index (χ1n) is 5.46. The molecular weight excluding hydrogens is 156 g/mol. The lowest BCUT2D eigenvalue weighted by Crippen LogP contribution is -2.29. The van der Waals surface area contributed by atoms with Crippen molar-refractivity contribution in [2.45, 2.75) is 54.4 Å². The summed E-state index contributed by atoms with van der Waals surface area (Å²) < 4.78 is 0. The highest BCUT2D eigenvalue weighted by Crippen LogP contribution is 2.39. The van der Waals surface area contributed by atoms with E-state index >= 15 is 0 Å². The van der Waals surface area contributed by atoms with Gasteiger partial charge in [0.1, 0.15) is 0 Å². The molecule has 0 fully saturated rings. The number of allylic oxidation sites excluding steroid dienone is 1. The van der Waals surface area contributed by atoms with Crippen molar-refractivity contribution in [1.82, 2.24) is 0 Å². The van der Waals surface area contributed by atoms with E-state index in [9.17, 15) is 0 Å². The Balaban J connectivity index is 4.34. The van der Waals surface area contributed by atoms with Crippen molar-refractivity contribution in [3.63, 3.8) is 0 Å². The molecule has 0 aromatic rings. The monoisotopic (exact) mass is 182 g/mol. The normalized spacial score (nSPS) is 16.8. The van der Waals surface area contributed by atoms with Gasteiger partial charge in [0.2, 0.25) is 0 Å². The zero-order valence-corrected chi connectivity index (χ0v) is 10.3. The lowest BCUT2D eigenvalue weighted by Gasteiger charge is -2.37. The fourth-order valence-electron chi connectivity index (χ4n) is 1.80. The third kappa shape index (κ3) is 3.54. The fraction of sp³-hybridized carbons (Fsp3) is 0.846. The minimum Gasteiger partial charge on any atom is -0.100 e. The van der Waals surface area contributed by atoms with Crippen LogP contribution in [-0.2, 0) is 0 Å². The van der Waals surface area contributed by atoms with Gasteiger partial charge in [-0.2, -0.15) is 0 Å². The molecule has 0 saturated carbocycles. The van der Waals surface area contributed by atoms with Crippen LogP contribution < -0.4 is 0 Å². The molecule has 0 aliphatic carbocycles. The van der Waals surface area contributed by atoms with Gasteiger partial charge in [-0.3, -0.25) is 0 Å². The first-order chi connectivity index (χ1) is 5.82. The van der Waals surface area contributed by atoms with Crippen LogP contribution in [-0.4, -0.2) is 0 Å². The van der Waals surface area contributed by atoms with Crippen molar-refractivity contribution in [3.8, 4) is 0 Å². The van der Waals surface area contributed by atoms with Gasteiger partial charge in [0.05, 0.1) is 0 Å². The van der Waals surface area contributed by atoms with Gasteiger partial charge >= 0.3 is 0 Å². The number of hydrogen-bond donors (Lipinski definition) is 0. The Kier molecular flexibility index (Phi) is 4.74. The van der Waals surface area contributed by atoms with Gasteiger partial charge in [0.25, 0.3) is 0 Å². The first kappa shape index (κ1) is 12.7. The van der Waals surface area contributed by atoms with Crippen LogP contribution in [0.2, 0.25) is 0 Å². The van der Waals surface area contributed by atoms with Gasteiger partial charge < -0.3 is 0 Å². The molecule has 0 saturated heterocycles. The maximum atomic E-state index is 3.99. The molecule has 78 valence electrons. The second-order valence-electron chi connectivity index (χ2n) is 5.19. The van der Waals surface area contributed by atoms with Crippen molar-refractivity contribution < 1.29 is 0 Å². The molecule has 0 radical (unpaired) electrons. The molecule has 2 unspecified atom stereocenters. The van der Waals surface area contributed by atoms with E-state index in [2.05, 4.69) is 48.1 Å². The predicted molar refractivity (Wildman–Crippen MR) is 61.8 cm³/mol. The van der Waals surface area contributed by atoms with Crippen molar-refractivity contribution in [2.24, 2.45) is 17.3 Å². The Bertz CT molecular complexity index is 165. The SMILES string of the molecule is C=C(C)CC(C)C(C)(C)C(C)CC. The largest absolute Gasteiger partial charge is 0.100 e. The summed E-state index contributed by atoms with van der Waals surface area (Å²) in [4.78, 5) is 0. The Hall–Kier alpha value is -0.260. The molecule has 0 aliphatic rings. The Morgan fingerprint density at radius 3 is 2.00 bits per heavy atom. The molecule has 0 aliphatic heterocycles. The summed E-state index contributed by atoms with van der Waals surface area (Å²) in [6, 6.07) is 0. The smallest absolute Gasteiger partial charge is 0.0295 e. The summed E-state index contributed by atoms with van der Waals surface area (Å²) in [5, 5.41) is 0. The van der Waals surface area contributed by atoms with E-state index in [4.69, 9.17) is 0 Å². The lowest BCUT2D eigenvalue weighted by atomic mass is 9.68. The Labute approximate surface area is 84.4 Å². The van der Waals surface area contributed by atoms with Crippen molar-refractivity contribution in [3.05, 3.63) is 12.2 Å². The average Bonchev–Trinajstić information content (AvgIpc) is 2.01. The van der Waals surface area contributed by atoms with E-state index in [1.165, 1.54) is 12.0 Å². The molecule has 0 nitrogen and oxygen atoms in total. The standard InChI is InChI=1S/C13H26/c1-8-11(4)13(6,7)12(5)9-10(2)3/h11-12H,2,8-9H2,1,3-7H3. The fourth-order valence-corrected chi connectivity index (χ4v) is 1.80. The van der Waals surface area contributed by atoms with E-state index in [1.54, 1.807) is 0 Å². The van der Waals surface area contributed by atoms with Crippen LogP contribution in [0.15, 0.2) is 12.2 Å². The second kappa shape index (κ2) is 4.83. The van der Waals surface area contributed by atoms with Crippen LogP contribution in [0.25, 0.3) is 0 Å². The quantitative estimate of drug-likeness (QED) is 0.542. The van der Waals surface area contributed by atoms with Crippen LogP contribution in [0.5, 0.6) is 0 Å². The molecular formula is C13H26. The van der Waals surface area contributed by atoms with Crippen LogP contribution in [0.3, 0.4) is 0 Å². The Morgan fingerprint density at radius 1 is 1.23 bits per heavy atom. The van der Waals surface area contributed by atoms with Gasteiger partial charge in [0, 0.05) is 0 Å². The minimum absolute atomic E-state index is 0.438. The Morgan fingerprint density at radius 2 is 1.69 bits per heavy atom. The van der Waals surface area contributed by atoms with Crippen LogP contribution in [0, 0.1) is 17.3 Å². The summed E-state index contributed by atoms with van der Waals surface area (Å²) >= 11 is 0.